The van der Waals surface area contributed by atoms with Crippen molar-refractivity contribution in [2.75, 3.05) is 13.7 Å². The number of carbonyl (C=O) groups is 2. The normalized spacial score (nSPS) is 17.2. The predicted molar refractivity (Wildman–Crippen MR) is 85.3 cm³/mol. The van der Waals surface area contributed by atoms with Crippen LogP contribution in [-0.4, -0.2) is 51.4 Å². The molecule has 1 aliphatic rings. The fourth-order valence-electron chi connectivity index (χ4n) is 2.66. The number of methoxy groups -OCH3 is 1. The minimum Gasteiger partial charge on any atom is -0.497 e. The topological polar surface area (TPSA) is 89.3 Å². The average molecular weight is 329 g/mol. The van der Waals surface area contributed by atoms with E-state index in [9.17, 15) is 9.59 Å². The molecule has 0 radical (unpaired) electrons. The van der Waals surface area contributed by atoms with Crippen molar-refractivity contribution in [2.45, 2.75) is 19.0 Å². The largest absolute Gasteiger partial charge is 0.497 e. The lowest BCUT2D eigenvalue weighted by Gasteiger charge is -2.17. The summed E-state index contributed by atoms with van der Waals surface area (Å²) in [6.45, 7) is 1.12. The highest BCUT2D eigenvalue weighted by Crippen LogP contribution is 2.17. The molecule has 1 aliphatic heterocycles. The van der Waals surface area contributed by atoms with Gasteiger partial charge in [-0.05, 0) is 24.1 Å². The Bertz CT molecular complexity index is 740. The fourth-order valence-corrected chi connectivity index (χ4v) is 2.66. The molecule has 3 rings (SSSR count). The van der Waals surface area contributed by atoms with Gasteiger partial charge in [-0.25, -0.2) is 0 Å². The molecule has 0 aliphatic carbocycles. The molecule has 2 aromatic rings. The molecule has 2 amide bonds. The van der Waals surface area contributed by atoms with Crippen molar-refractivity contribution in [1.82, 2.24) is 25.2 Å². The highest BCUT2D eigenvalue weighted by molar-refractivity contribution is 5.96. The standard InChI is InChI=1S/C16H19N5O3/c1-20-17-9-14(19-20)15(22)18-13-7-8-21(16(13)23)10-11-3-5-12(24-2)6-4-11/h3-6,9,13H,7-8,10H2,1-2H3,(H,18,22). The SMILES string of the molecule is COc1ccc(CN2CCC(NC(=O)c3cnn(C)n3)C2=O)cc1. The quantitative estimate of drug-likeness (QED) is 0.855. The van der Waals surface area contributed by atoms with E-state index in [1.54, 1.807) is 19.1 Å². The number of hydrogen-bond donors (Lipinski definition) is 1. The van der Waals surface area contributed by atoms with Crippen LogP contribution in [0.4, 0.5) is 0 Å². The first-order valence-corrected chi connectivity index (χ1v) is 7.65. The van der Waals surface area contributed by atoms with Crippen molar-refractivity contribution in [1.29, 1.82) is 0 Å². The summed E-state index contributed by atoms with van der Waals surface area (Å²) >= 11 is 0. The molecular formula is C16H19N5O3. The second kappa shape index (κ2) is 6.69. The lowest BCUT2D eigenvalue weighted by Crippen LogP contribution is -2.41. The number of amides is 2. The van der Waals surface area contributed by atoms with Crippen LogP contribution in [0, 0.1) is 0 Å². The first kappa shape index (κ1) is 16.0. The first-order chi connectivity index (χ1) is 11.6. The van der Waals surface area contributed by atoms with Gasteiger partial charge < -0.3 is 15.0 Å². The Morgan fingerprint density at radius 1 is 1.38 bits per heavy atom. The third-order valence-corrected chi connectivity index (χ3v) is 3.97. The summed E-state index contributed by atoms with van der Waals surface area (Å²) in [5.41, 5.74) is 1.23. The van der Waals surface area contributed by atoms with Crippen LogP contribution in [0.5, 0.6) is 5.75 Å². The molecule has 126 valence electrons. The van der Waals surface area contributed by atoms with Gasteiger partial charge in [0.25, 0.3) is 5.91 Å². The minimum atomic E-state index is -0.516. The summed E-state index contributed by atoms with van der Waals surface area (Å²) in [6, 6.07) is 7.07. The molecule has 0 spiro atoms. The molecule has 1 aromatic heterocycles. The van der Waals surface area contributed by atoms with Crippen LogP contribution in [0.2, 0.25) is 0 Å². The maximum atomic E-state index is 12.5. The second-order valence-electron chi connectivity index (χ2n) is 5.64. The van der Waals surface area contributed by atoms with Crippen LogP contribution in [0.25, 0.3) is 0 Å². The zero-order valence-electron chi connectivity index (χ0n) is 13.6. The summed E-state index contributed by atoms with van der Waals surface area (Å²) in [5, 5.41) is 10.5. The van der Waals surface area contributed by atoms with E-state index in [0.717, 1.165) is 11.3 Å². The second-order valence-corrected chi connectivity index (χ2v) is 5.64. The zero-order chi connectivity index (χ0) is 17.1. The molecule has 1 fully saturated rings. The summed E-state index contributed by atoms with van der Waals surface area (Å²) in [4.78, 5) is 27.6. The predicted octanol–water partition coefficient (Wildman–Crippen LogP) is 0.355. The van der Waals surface area contributed by atoms with Crippen molar-refractivity contribution >= 4 is 11.8 Å². The van der Waals surface area contributed by atoms with Crippen LogP contribution in [-0.2, 0) is 18.4 Å². The summed E-state index contributed by atoms with van der Waals surface area (Å²) in [6.07, 6.45) is 1.96. The average Bonchev–Trinajstić information content (AvgIpc) is 3.16. The van der Waals surface area contributed by atoms with Gasteiger partial charge in [0.15, 0.2) is 5.69 Å². The van der Waals surface area contributed by atoms with Gasteiger partial charge in [-0.1, -0.05) is 12.1 Å². The van der Waals surface area contributed by atoms with Gasteiger partial charge in [-0.2, -0.15) is 9.90 Å². The van der Waals surface area contributed by atoms with E-state index in [-0.39, 0.29) is 17.5 Å². The van der Waals surface area contributed by atoms with E-state index < -0.39 is 6.04 Å². The number of aryl methyl sites for hydroxylation is 1. The highest BCUT2D eigenvalue weighted by atomic mass is 16.5. The van der Waals surface area contributed by atoms with Crippen molar-refractivity contribution in [3.05, 3.63) is 41.7 Å². The van der Waals surface area contributed by atoms with E-state index >= 15 is 0 Å². The molecule has 1 aromatic carbocycles. The van der Waals surface area contributed by atoms with Crippen LogP contribution in [0.3, 0.4) is 0 Å². The number of hydrogen-bond acceptors (Lipinski definition) is 5. The Hall–Kier alpha value is -2.90. The van der Waals surface area contributed by atoms with Crippen LogP contribution >= 0.6 is 0 Å². The first-order valence-electron chi connectivity index (χ1n) is 7.65. The third kappa shape index (κ3) is 3.37. The minimum absolute atomic E-state index is 0.0805. The highest BCUT2D eigenvalue weighted by Gasteiger charge is 2.33. The van der Waals surface area contributed by atoms with E-state index in [4.69, 9.17) is 4.74 Å². The van der Waals surface area contributed by atoms with Gasteiger partial charge in [0.1, 0.15) is 11.8 Å². The molecule has 1 saturated heterocycles. The molecule has 8 nitrogen and oxygen atoms in total. The van der Waals surface area contributed by atoms with Crippen molar-refractivity contribution in [3.8, 4) is 5.75 Å². The van der Waals surface area contributed by atoms with E-state index in [0.29, 0.717) is 19.5 Å². The summed E-state index contributed by atoms with van der Waals surface area (Å²) in [5.74, 6) is 0.316. The monoisotopic (exact) mass is 329 g/mol. The van der Waals surface area contributed by atoms with Crippen LogP contribution in [0.15, 0.2) is 30.5 Å². The Morgan fingerprint density at radius 3 is 2.75 bits per heavy atom. The lowest BCUT2D eigenvalue weighted by atomic mass is 10.2. The van der Waals surface area contributed by atoms with E-state index in [1.807, 2.05) is 24.3 Å². The molecule has 1 N–H and O–H groups in total. The molecule has 24 heavy (non-hydrogen) atoms. The van der Waals surface area contributed by atoms with Gasteiger partial charge in [-0.15, -0.1) is 5.10 Å². The number of rotatable bonds is 5. The van der Waals surface area contributed by atoms with E-state index in [2.05, 4.69) is 15.5 Å². The molecule has 1 unspecified atom stereocenters. The van der Waals surface area contributed by atoms with Gasteiger partial charge in [0.05, 0.1) is 13.3 Å². The maximum absolute atomic E-state index is 12.5. The van der Waals surface area contributed by atoms with Gasteiger partial charge in [-0.3, -0.25) is 9.59 Å². The smallest absolute Gasteiger partial charge is 0.274 e. The molecule has 0 bridgehead atoms. The number of ether oxygens (including phenoxy) is 1. The number of aromatic nitrogens is 3. The number of likely N-dealkylation sites (tertiary alicyclic amines) is 1. The number of nitrogens with one attached hydrogen (secondary N) is 1. The fraction of sp³-hybridized carbons (Fsp3) is 0.375. The summed E-state index contributed by atoms with van der Waals surface area (Å²) in [7, 11) is 3.25. The number of nitrogens with zero attached hydrogens (tertiary/aromatic N) is 4. The molecule has 0 saturated carbocycles. The molecule has 2 heterocycles. The molecule has 1 atom stereocenters. The Labute approximate surface area is 139 Å². The number of carbonyl (C=O) groups excluding carboxylic acids is 2. The van der Waals surface area contributed by atoms with Crippen LogP contribution < -0.4 is 10.1 Å². The Balaban J connectivity index is 1.59. The Kier molecular flexibility index (Phi) is 4.45. The van der Waals surface area contributed by atoms with Crippen LogP contribution in [0.1, 0.15) is 22.5 Å². The van der Waals surface area contributed by atoms with Crippen molar-refractivity contribution in [2.24, 2.45) is 7.05 Å². The molecular weight excluding hydrogens is 310 g/mol. The van der Waals surface area contributed by atoms with Crippen molar-refractivity contribution < 1.29 is 14.3 Å². The lowest BCUT2D eigenvalue weighted by molar-refractivity contribution is -0.129. The maximum Gasteiger partial charge on any atom is 0.274 e. The zero-order valence-corrected chi connectivity index (χ0v) is 13.6. The third-order valence-electron chi connectivity index (χ3n) is 3.97. The number of benzene rings is 1. The molecule has 8 heteroatoms. The van der Waals surface area contributed by atoms with Gasteiger partial charge in [0, 0.05) is 20.1 Å². The van der Waals surface area contributed by atoms with Gasteiger partial charge >= 0.3 is 0 Å². The van der Waals surface area contributed by atoms with Gasteiger partial charge in [0.2, 0.25) is 5.91 Å². The Morgan fingerprint density at radius 2 is 2.12 bits per heavy atom. The van der Waals surface area contributed by atoms with Crippen molar-refractivity contribution in [3.63, 3.8) is 0 Å². The summed E-state index contributed by atoms with van der Waals surface area (Å²) < 4.78 is 5.12. The van der Waals surface area contributed by atoms with E-state index in [1.165, 1.54) is 11.0 Å².